The molecule has 23 heavy (non-hydrogen) atoms. The highest BCUT2D eigenvalue weighted by molar-refractivity contribution is 7.89. The monoisotopic (exact) mass is 354 g/mol. The molecule has 0 aliphatic carbocycles. The van der Waals surface area contributed by atoms with Crippen LogP contribution in [0.5, 0.6) is 0 Å². The van der Waals surface area contributed by atoms with E-state index in [0.717, 1.165) is 5.56 Å². The van der Waals surface area contributed by atoms with Crippen LogP contribution in [-0.4, -0.2) is 43.2 Å². The van der Waals surface area contributed by atoms with Crippen molar-refractivity contribution >= 4 is 27.4 Å². The van der Waals surface area contributed by atoms with Gasteiger partial charge in [-0.1, -0.05) is 12.1 Å². The number of nitrogens with zero attached hydrogens (tertiary/aromatic N) is 2. The van der Waals surface area contributed by atoms with Crippen molar-refractivity contribution < 1.29 is 13.2 Å². The maximum atomic E-state index is 12.3. The molecule has 0 saturated carbocycles. The van der Waals surface area contributed by atoms with Gasteiger partial charge in [0.15, 0.2) is 0 Å². The Morgan fingerprint density at radius 3 is 2.61 bits per heavy atom. The summed E-state index contributed by atoms with van der Waals surface area (Å²) in [5.41, 5.74) is 1.50. The molecule has 0 spiro atoms. The van der Waals surface area contributed by atoms with Crippen molar-refractivity contribution in [2.45, 2.75) is 19.3 Å². The fraction of sp³-hybridized carbons (Fsp3) is 0.500. The molecule has 7 heteroatoms. The first-order chi connectivity index (χ1) is 11.0. The maximum absolute atomic E-state index is 12.3. The first-order valence-electron chi connectivity index (χ1n) is 7.52. The lowest BCUT2D eigenvalue weighted by atomic mass is 9.91. The number of hydrogen-bond donors (Lipinski definition) is 0. The minimum Gasteiger partial charge on any atom is -0.299 e. The summed E-state index contributed by atoms with van der Waals surface area (Å²) in [6, 6.07) is 9.08. The van der Waals surface area contributed by atoms with Crippen LogP contribution in [-0.2, 0) is 21.2 Å². The lowest BCUT2D eigenvalue weighted by molar-refractivity contribution is -0.125. The van der Waals surface area contributed by atoms with Crippen molar-refractivity contribution in [3.8, 4) is 6.07 Å². The number of nitriles is 1. The molecule has 0 bridgehead atoms. The summed E-state index contributed by atoms with van der Waals surface area (Å²) in [6.45, 7) is 0.483. The highest BCUT2D eigenvalue weighted by atomic mass is 35.5. The van der Waals surface area contributed by atoms with E-state index in [4.69, 9.17) is 16.9 Å². The minimum atomic E-state index is -3.35. The largest absolute Gasteiger partial charge is 0.299 e. The van der Waals surface area contributed by atoms with Gasteiger partial charge in [-0.25, -0.2) is 12.7 Å². The number of piperidine rings is 1. The molecule has 0 amide bonds. The smallest absolute Gasteiger partial charge is 0.214 e. The van der Waals surface area contributed by atoms with Crippen molar-refractivity contribution in [3.05, 3.63) is 35.4 Å². The van der Waals surface area contributed by atoms with E-state index in [1.54, 1.807) is 12.1 Å². The molecule has 1 aliphatic rings. The lowest BCUT2D eigenvalue weighted by Gasteiger charge is -2.31. The number of carbonyl (C=O) groups is 1. The van der Waals surface area contributed by atoms with Crippen molar-refractivity contribution in [2.24, 2.45) is 5.92 Å². The van der Waals surface area contributed by atoms with Crippen LogP contribution in [0, 0.1) is 17.2 Å². The van der Waals surface area contributed by atoms with Crippen LogP contribution in [0.3, 0.4) is 0 Å². The Morgan fingerprint density at radius 2 is 2.00 bits per heavy atom. The average molecular weight is 355 g/mol. The minimum absolute atomic E-state index is 0.0221. The summed E-state index contributed by atoms with van der Waals surface area (Å²) in [5.74, 6) is 0.0928. The van der Waals surface area contributed by atoms with Gasteiger partial charge in [-0.05, 0) is 30.5 Å². The lowest BCUT2D eigenvalue weighted by Crippen LogP contribution is -2.45. The average Bonchev–Trinajstić information content (AvgIpc) is 2.55. The Hall–Kier alpha value is -1.42. The molecule has 0 radical (unpaired) electrons. The van der Waals surface area contributed by atoms with Crippen LogP contribution in [0.4, 0.5) is 0 Å². The number of alkyl halides is 1. The van der Waals surface area contributed by atoms with Gasteiger partial charge in [-0.15, -0.1) is 11.6 Å². The quantitative estimate of drug-likeness (QED) is 0.731. The normalized spacial score (nSPS) is 19.5. The number of rotatable bonds is 6. The molecule has 2 rings (SSSR count). The third-order valence-corrected chi connectivity index (χ3v) is 6.17. The molecule has 0 aromatic heterocycles. The summed E-state index contributed by atoms with van der Waals surface area (Å²) < 4.78 is 25.9. The van der Waals surface area contributed by atoms with Crippen molar-refractivity contribution in [1.82, 2.24) is 4.31 Å². The SMILES string of the molecule is N#Cc1ccc(CC2CN(S(=O)(=O)CCCCl)CCC2=O)cc1. The van der Waals surface area contributed by atoms with Gasteiger partial charge in [0.2, 0.25) is 10.0 Å². The summed E-state index contributed by atoms with van der Waals surface area (Å²) >= 11 is 5.57. The Morgan fingerprint density at radius 1 is 1.30 bits per heavy atom. The van der Waals surface area contributed by atoms with Gasteiger partial charge < -0.3 is 0 Å². The third kappa shape index (κ3) is 4.77. The molecule has 1 heterocycles. The molecule has 1 aliphatic heterocycles. The van der Waals surface area contributed by atoms with Crippen LogP contribution < -0.4 is 0 Å². The van der Waals surface area contributed by atoms with Gasteiger partial charge in [0.25, 0.3) is 0 Å². The van der Waals surface area contributed by atoms with E-state index < -0.39 is 10.0 Å². The molecule has 1 saturated heterocycles. The highest BCUT2D eigenvalue weighted by Gasteiger charge is 2.33. The van der Waals surface area contributed by atoms with E-state index in [1.165, 1.54) is 4.31 Å². The number of ketones is 1. The van der Waals surface area contributed by atoms with Crippen LogP contribution in [0.2, 0.25) is 0 Å². The zero-order chi connectivity index (χ0) is 16.9. The van der Waals surface area contributed by atoms with E-state index in [1.807, 2.05) is 18.2 Å². The fourth-order valence-electron chi connectivity index (χ4n) is 2.67. The van der Waals surface area contributed by atoms with Crippen LogP contribution in [0.25, 0.3) is 0 Å². The molecule has 124 valence electrons. The van der Waals surface area contributed by atoms with Gasteiger partial charge in [-0.2, -0.15) is 5.26 Å². The van der Waals surface area contributed by atoms with Crippen LogP contribution >= 0.6 is 11.6 Å². The second-order valence-corrected chi connectivity index (χ2v) is 8.11. The van der Waals surface area contributed by atoms with Gasteiger partial charge >= 0.3 is 0 Å². The highest BCUT2D eigenvalue weighted by Crippen LogP contribution is 2.21. The standard InChI is InChI=1S/C16H19ClN2O3S/c17-7-1-9-23(21,22)19-8-6-16(20)15(12-19)10-13-2-4-14(11-18)5-3-13/h2-5,15H,1,6-10,12H2. The third-order valence-electron chi connectivity index (χ3n) is 3.98. The molecule has 1 unspecified atom stereocenters. The number of halogens is 1. The molecule has 1 aromatic rings. The second-order valence-electron chi connectivity index (χ2n) is 5.64. The van der Waals surface area contributed by atoms with E-state index in [2.05, 4.69) is 0 Å². The summed E-state index contributed by atoms with van der Waals surface area (Å²) in [7, 11) is -3.35. The first kappa shape index (κ1) is 17.9. The Bertz CT molecular complexity index is 695. The van der Waals surface area contributed by atoms with Crippen LogP contribution in [0.1, 0.15) is 24.0 Å². The van der Waals surface area contributed by atoms with Gasteiger partial charge in [0.05, 0.1) is 17.4 Å². The van der Waals surface area contributed by atoms with E-state index >= 15 is 0 Å². The summed E-state index contributed by atoms with van der Waals surface area (Å²) in [6.07, 6.45) is 1.15. The van der Waals surface area contributed by atoms with Gasteiger partial charge in [-0.3, -0.25) is 4.79 Å². The number of benzene rings is 1. The Balaban J connectivity index is 2.05. The zero-order valence-electron chi connectivity index (χ0n) is 12.7. The topological polar surface area (TPSA) is 78.2 Å². The summed E-state index contributed by atoms with van der Waals surface area (Å²) in [4.78, 5) is 12.1. The molecule has 1 fully saturated rings. The predicted octanol–water partition coefficient (Wildman–Crippen LogP) is 1.95. The van der Waals surface area contributed by atoms with Gasteiger partial charge in [0.1, 0.15) is 5.78 Å². The molecule has 0 N–H and O–H groups in total. The van der Waals surface area contributed by atoms with E-state index in [9.17, 15) is 13.2 Å². The van der Waals surface area contributed by atoms with Crippen molar-refractivity contribution in [2.75, 3.05) is 24.7 Å². The Labute approximate surface area is 141 Å². The molecular formula is C16H19ClN2O3S. The molecule has 1 aromatic carbocycles. The number of sulfonamides is 1. The predicted molar refractivity (Wildman–Crippen MR) is 88.7 cm³/mol. The molecular weight excluding hydrogens is 336 g/mol. The first-order valence-corrected chi connectivity index (χ1v) is 9.66. The Kier molecular flexibility index (Phi) is 6.17. The van der Waals surface area contributed by atoms with Crippen molar-refractivity contribution in [1.29, 1.82) is 5.26 Å². The fourth-order valence-corrected chi connectivity index (χ4v) is 4.51. The van der Waals surface area contributed by atoms with E-state index in [0.29, 0.717) is 24.3 Å². The number of hydrogen-bond acceptors (Lipinski definition) is 4. The molecule has 1 atom stereocenters. The maximum Gasteiger partial charge on any atom is 0.214 e. The zero-order valence-corrected chi connectivity index (χ0v) is 14.3. The van der Waals surface area contributed by atoms with Crippen LogP contribution in [0.15, 0.2) is 24.3 Å². The second kappa shape index (κ2) is 7.91. The number of Topliss-reactive ketones (excluding diaryl/α,β-unsaturated/α-hetero) is 1. The van der Waals surface area contributed by atoms with E-state index in [-0.39, 0.29) is 37.0 Å². The van der Waals surface area contributed by atoms with Gasteiger partial charge in [0, 0.05) is 31.3 Å². The molecule has 5 nitrogen and oxygen atoms in total. The number of carbonyl (C=O) groups excluding carboxylic acids is 1. The van der Waals surface area contributed by atoms with Crippen molar-refractivity contribution in [3.63, 3.8) is 0 Å². The summed E-state index contributed by atoms with van der Waals surface area (Å²) in [5, 5.41) is 8.80.